The molecular formula is C22H27BrN2O2. The zero-order valence-corrected chi connectivity index (χ0v) is 17.4. The van der Waals surface area contributed by atoms with Gasteiger partial charge in [-0.3, -0.25) is 9.69 Å². The number of rotatable bonds is 7. The number of carbonyl (C=O) groups is 1. The number of ether oxygens (including phenoxy) is 1. The molecule has 1 amide bonds. The van der Waals surface area contributed by atoms with Gasteiger partial charge in [-0.25, -0.2) is 0 Å². The molecule has 1 aliphatic rings. The van der Waals surface area contributed by atoms with Crippen LogP contribution in [0.4, 0.5) is 0 Å². The fraction of sp³-hybridized carbons (Fsp3) is 0.409. The lowest BCUT2D eigenvalue weighted by atomic mass is 9.95. The average molecular weight is 431 g/mol. The lowest BCUT2D eigenvalue weighted by molar-refractivity contribution is -0.126. The van der Waals surface area contributed by atoms with Crippen molar-refractivity contribution >= 4 is 21.8 Å². The third-order valence-electron chi connectivity index (χ3n) is 4.98. The number of benzene rings is 2. The number of likely N-dealkylation sites (tertiary alicyclic amines) is 1. The molecule has 0 saturated carbocycles. The smallest absolute Gasteiger partial charge is 0.223 e. The number of nitrogens with one attached hydrogen (secondary N) is 1. The lowest BCUT2D eigenvalue weighted by Crippen LogP contribution is -2.40. The molecule has 0 unspecified atom stereocenters. The van der Waals surface area contributed by atoms with E-state index in [2.05, 4.69) is 50.4 Å². The Morgan fingerprint density at radius 2 is 1.70 bits per heavy atom. The minimum Gasteiger partial charge on any atom is -0.494 e. The van der Waals surface area contributed by atoms with Gasteiger partial charge in [0.15, 0.2) is 0 Å². The van der Waals surface area contributed by atoms with E-state index in [9.17, 15) is 4.79 Å². The van der Waals surface area contributed by atoms with Gasteiger partial charge in [0.25, 0.3) is 0 Å². The standard InChI is InChI=1S/C22H27BrN2O2/c1-2-27-21-9-5-17(6-10-21)15-24-22(26)19-11-13-25(14-12-19)16-18-3-7-20(23)8-4-18/h3-10,19H,2,11-16H2,1H3,(H,24,26). The highest BCUT2D eigenvalue weighted by molar-refractivity contribution is 9.10. The number of halogens is 1. The predicted octanol–water partition coefficient (Wildman–Crippen LogP) is 4.38. The Morgan fingerprint density at radius 3 is 2.33 bits per heavy atom. The molecule has 0 spiro atoms. The largest absolute Gasteiger partial charge is 0.494 e. The van der Waals surface area contributed by atoms with Crippen LogP contribution >= 0.6 is 15.9 Å². The SMILES string of the molecule is CCOc1ccc(CNC(=O)C2CCN(Cc3ccc(Br)cc3)CC2)cc1. The van der Waals surface area contributed by atoms with E-state index in [0.29, 0.717) is 13.2 Å². The van der Waals surface area contributed by atoms with Gasteiger partial charge in [0, 0.05) is 23.5 Å². The highest BCUT2D eigenvalue weighted by atomic mass is 79.9. The molecule has 27 heavy (non-hydrogen) atoms. The Balaban J connectivity index is 1.40. The summed E-state index contributed by atoms with van der Waals surface area (Å²) in [6.07, 6.45) is 1.84. The quantitative estimate of drug-likeness (QED) is 0.708. The van der Waals surface area contributed by atoms with Gasteiger partial charge in [-0.2, -0.15) is 0 Å². The first-order valence-electron chi connectivity index (χ1n) is 9.60. The molecule has 2 aromatic carbocycles. The molecule has 0 radical (unpaired) electrons. The van der Waals surface area contributed by atoms with E-state index in [4.69, 9.17) is 4.74 Å². The molecular weight excluding hydrogens is 404 g/mol. The van der Waals surface area contributed by atoms with E-state index >= 15 is 0 Å². The van der Waals surface area contributed by atoms with Crippen LogP contribution in [0.3, 0.4) is 0 Å². The van der Waals surface area contributed by atoms with Crippen molar-refractivity contribution < 1.29 is 9.53 Å². The number of carbonyl (C=O) groups excluding carboxylic acids is 1. The summed E-state index contributed by atoms with van der Waals surface area (Å²) in [5, 5.41) is 3.09. The molecule has 5 heteroatoms. The summed E-state index contributed by atoms with van der Waals surface area (Å²) >= 11 is 3.47. The zero-order valence-electron chi connectivity index (χ0n) is 15.8. The lowest BCUT2D eigenvalue weighted by Gasteiger charge is -2.31. The van der Waals surface area contributed by atoms with Crippen LogP contribution in [0.1, 0.15) is 30.9 Å². The van der Waals surface area contributed by atoms with Gasteiger partial charge in [-0.1, -0.05) is 40.2 Å². The number of amides is 1. The van der Waals surface area contributed by atoms with Crippen molar-refractivity contribution in [3.8, 4) is 5.75 Å². The van der Waals surface area contributed by atoms with Crippen molar-refractivity contribution in [1.82, 2.24) is 10.2 Å². The molecule has 2 aromatic rings. The molecule has 0 bridgehead atoms. The van der Waals surface area contributed by atoms with E-state index in [1.165, 1.54) is 5.56 Å². The van der Waals surface area contributed by atoms with E-state index in [0.717, 1.165) is 48.3 Å². The second-order valence-electron chi connectivity index (χ2n) is 6.97. The van der Waals surface area contributed by atoms with Crippen LogP contribution in [-0.2, 0) is 17.9 Å². The number of piperidine rings is 1. The van der Waals surface area contributed by atoms with Crippen LogP contribution in [0.5, 0.6) is 5.75 Å². The van der Waals surface area contributed by atoms with Crippen LogP contribution in [0.2, 0.25) is 0 Å². The Kier molecular flexibility index (Phi) is 7.30. The van der Waals surface area contributed by atoms with E-state index in [-0.39, 0.29) is 11.8 Å². The van der Waals surface area contributed by atoms with Crippen molar-refractivity contribution in [2.45, 2.75) is 32.9 Å². The highest BCUT2D eigenvalue weighted by Crippen LogP contribution is 2.20. The van der Waals surface area contributed by atoms with Crippen LogP contribution in [0.25, 0.3) is 0 Å². The second kappa shape index (κ2) is 9.90. The first-order valence-corrected chi connectivity index (χ1v) is 10.4. The Bertz CT molecular complexity index is 723. The molecule has 0 aromatic heterocycles. The van der Waals surface area contributed by atoms with Gasteiger partial charge in [0.05, 0.1) is 6.61 Å². The summed E-state index contributed by atoms with van der Waals surface area (Å²) in [6, 6.07) is 16.4. The van der Waals surface area contributed by atoms with E-state index in [1.807, 2.05) is 31.2 Å². The van der Waals surface area contributed by atoms with Crippen molar-refractivity contribution in [3.05, 3.63) is 64.1 Å². The topological polar surface area (TPSA) is 41.6 Å². The molecule has 4 nitrogen and oxygen atoms in total. The van der Waals surface area contributed by atoms with Crippen molar-refractivity contribution in [2.24, 2.45) is 5.92 Å². The zero-order chi connectivity index (χ0) is 19.1. The van der Waals surface area contributed by atoms with Crippen LogP contribution in [-0.4, -0.2) is 30.5 Å². The predicted molar refractivity (Wildman–Crippen MR) is 112 cm³/mol. The Morgan fingerprint density at radius 1 is 1.07 bits per heavy atom. The molecule has 3 rings (SSSR count). The number of hydrogen-bond donors (Lipinski definition) is 1. The summed E-state index contributed by atoms with van der Waals surface area (Å²) in [6.45, 7) is 6.10. The third-order valence-corrected chi connectivity index (χ3v) is 5.51. The monoisotopic (exact) mass is 430 g/mol. The van der Waals surface area contributed by atoms with E-state index < -0.39 is 0 Å². The maximum atomic E-state index is 12.5. The summed E-state index contributed by atoms with van der Waals surface area (Å²) in [4.78, 5) is 14.9. The molecule has 1 heterocycles. The Hall–Kier alpha value is -1.85. The highest BCUT2D eigenvalue weighted by Gasteiger charge is 2.24. The molecule has 144 valence electrons. The molecule has 1 saturated heterocycles. The number of nitrogens with zero attached hydrogens (tertiary/aromatic N) is 1. The summed E-state index contributed by atoms with van der Waals surface area (Å²) in [7, 11) is 0. The summed E-state index contributed by atoms with van der Waals surface area (Å²) in [5.74, 6) is 1.16. The second-order valence-corrected chi connectivity index (χ2v) is 7.89. The van der Waals surface area contributed by atoms with Crippen LogP contribution in [0.15, 0.2) is 53.0 Å². The maximum Gasteiger partial charge on any atom is 0.223 e. The van der Waals surface area contributed by atoms with Crippen LogP contribution < -0.4 is 10.1 Å². The fourth-order valence-electron chi connectivity index (χ4n) is 3.40. The minimum absolute atomic E-state index is 0.119. The molecule has 0 atom stereocenters. The van der Waals surface area contributed by atoms with Gasteiger partial charge in [0.1, 0.15) is 5.75 Å². The molecule has 1 fully saturated rings. The maximum absolute atomic E-state index is 12.5. The Labute approximate surface area is 170 Å². The molecule has 1 aliphatic heterocycles. The first-order chi connectivity index (χ1) is 13.1. The molecule has 1 N–H and O–H groups in total. The van der Waals surface area contributed by atoms with E-state index in [1.54, 1.807) is 0 Å². The van der Waals surface area contributed by atoms with Crippen molar-refractivity contribution in [2.75, 3.05) is 19.7 Å². The number of hydrogen-bond acceptors (Lipinski definition) is 3. The van der Waals surface area contributed by atoms with Crippen molar-refractivity contribution in [3.63, 3.8) is 0 Å². The average Bonchev–Trinajstić information content (AvgIpc) is 2.70. The normalized spacial score (nSPS) is 15.5. The minimum atomic E-state index is 0.119. The molecule has 0 aliphatic carbocycles. The summed E-state index contributed by atoms with van der Waals surface area (Å²) in [5.41, 5.74) is 2.41. The van der Waals surface area contributed by atoms with Gasteiger partial charge in [-0.05, 0) is 68.2 Å². The van der Waals surface area contributed by atoms with Gasteiger partial charge in [-0.15, -0.1) is 0 Å². The summed E-state index contributed by atoms with van der Waals surface area (Å²) < 4.78 is 6.55. The van der Waals surface area contributed by atoms with Gasteiger partial charge in [0.2, 0.25) is 5.91 Å². The van der Waals surface area contributed by atoms with Crippen LogP contribution in [0, 0.1) is 5.92 Å². The van der Waals surface area contributed by atoms with Crippen molar-refractivity contribution in [1.29, 1.82) is 0 Å². The van der Waals surface area contributed by atoms with Gasteiger partial charge >= 0.3 is 0 Å². The van der Waals surface area contributed by atoms with Gasteiger partial charge < -0.3 is 10.1 Å². The first kappa shape index (κ1) is 19.9. The fourth-order valence-corrected chi connectivity index (χ4v) is 3.67. The third kappa shape index (κ3) is 6.08.